The molecule has 0 amide bonds. The van der Waals surface area contributed by atoms with Crippen LogP contribution in [0.25, 0.3) is 0 Å². The average Bonchev–Trinajstić information content (AvgIpc) is 2.56. The third-order valence-corrected chi connectivity index (χ3v) is 1.57. The molecule has 0 saturated carbocycles. The first-order chi connectivity index (χ1) is 5.84. The zero-order valence-corrected chi connectivity index (χ0v) is 7.23. The summed E-state index contributed by atoms with van der Waals surface area (Å²) in [7, 11) is 0. The van der Waals surface area contributed by atoms with Crippen LogP contribution in [-0.4, -0.2) is 10.5 Å². The van der Waals surface area contributed by atoms with Crippen molar-refractivity contribution >= 4 is 5.91 Å². The maximum atomic E-state index is 11.3. The summed E-state index contributed by atoms with van der Waals surface area (Å²) in [4.78, 5) is 11.3. The number of carbonyl (C=O) groups is 1. The molecule has 0 fully saturated rings. The highest BCUT2D eigenvalue weighted by molar-refractivity contribution is 5.89. The molecule has 0 N–H and O–H groups in total. The number of allylic oxidation sites excluding steroid dienone is 2. The van der Waals surface area contributed by atoms with Gasteiger partial charge in [0, 0.05) is 12.4 Å². The van der Waals surface area contributed by atoms with Crippen LogP contribution in [0.4, 0.5) is 0 Å². The van der Waals surface area contributed by atoms with E-state index in [1.54, 1.807) is 23.0 Å². The predicted molar refractivity (Wildman–Crippen MR) is 49.1 cm³/mol. The second-order valence-corrected chi connectivity index (χ2v) is 2.62. The predicted octanol–water partition coefficient (Wildman–Crippen LogP) is 2.48. The van der Waals surface area contributed by atoms with Gasteiger partial charge in [-0.25, -0.2) is 0 Å². The number of aromatic nitrogens is 1. The number of hydrogen-bond donors (Lipinski definition) is 0. The number of rotatable bonds is 3. The van der Waals surface area contributed by atoms with Crippen LogP contribution in [0, 0.1) is 0 Å². The number of carbonyl (C=O) groups excluding carboxylic acids is 1. The molecule has 0 bridgehead atoms. The first-order valence-electron chi connectivity index (χ1n) is 4.18. The first-order valence-corrected chi connectivity index (χ1v) is 4.18. The maximum Gasteiger partial charge on any atom is 0.254 e. The van der Waals surface area contributed by atoms with Crippen LogP contribution in [0.2, 0.25) is 0 Å². The molecule has 0 aliphatic rings. The molecule has 0 aromatic carbocycles. The van der Waals surface area contributed by atoms with Gasteiger partial charge < -0.3 is 0 Å². The van der Waals surface area contributed by atoms with Gasteiger partial charge in [0.1, 0.15) is 0 Å². The summed E-state index contributed by atoms with van der Waals surface area (Å²) >= 11 is 0. The molecule has 0 unspecified atom stereocenters. The Hall–Kier alpha value is -1.31. The minimum Gasteiger partial charge on any atom is -0.291 e. The van der Waals surface area contributed by atoms with Gasteiger partial charge in [0.05, 0.1) is 0 Å². The summed E-state index contributed by atoms with van der Waals surface area (Å²) in [5.41, 5.74) is 0. The van der Waals surface area contributed by atoms with Crippen LogP contribution < -0.4 is 0 Å². The van der Waals surface area contributed by atoms with Crippen LogP contribution in [-0.2, 0) is 0 Å². The summed E-state index contributed by atoms with van der Waals surface area (Å²) < 4.78 is 1.56. The van der Waals surface area contributed by atoms with Gasteiger partial charge in [0.2, 0.25) is 0 Å². The van der Waals surface area contributed by atoms with E-state index in [-0.39, 0.29) is 5.91 Å². The third-order valence-electron chi connectivity index (χ3n) is 1.57. The average molecular weight is 163 g/mol. The highest BCUT2D eigenvalue weighted by Crippen LogP contribution is 1.93. The van der Waals surface area contributed by atoms with Gasteiger partial charge >= 0.3 is 0 Å². The first kappa shape index (κ1) is 8.78. The summed E-state index contributed by atoms with van der Waals surface area (Å²) in [6.07, 6.45) is 9.06. The van der Waals surface area contributed by atoms with E-state index in [0.717, 1.165) is 12.8 Å². The highest BCUT2D eigenvalue weighted by atomic mass is 16.1. The Kier molecular flexibility index (Phi) is 3.33. The van der Waals surface area contributed by atoms with E-state index in [2.05, 4.69) is 6.92 Å². The lowest BCUT2D eigenvalue weighted by Gasteiger charge is -1.93. The van der Waals surface area contributed by atoms with Crippen LogP contribution in [0.1, 0.15) is 24.6 Å². The van der Waals surface area contributed by atoms with Crippen molar-refractivity contribution in [3.8, 4) is 0 Å². The zero-order chi connectivity index (χ0) is 8.81. The number of unbranched alkanes of at least 4 members (excludes halogenated alkanes) is 1. The molecule has 12 heavy (non-hydrogen) atoms. The fourth-order valence-electron chi connectivity index (χ4n) is 0.918. The van der Waals surface area contributed by atoms with E-state index in [0.29, 0.717) is 0 Å². The van der Waals surface area contributed by atoms with E-state index >= 15 is 0 Å². The van der Waals surface area contributed by atoms with E-state index < -0.39 is 0 Å². The topological polar surface area (TPSA) is 22.0 Å². The van der Waals surface area contributed by atoms with Gasteiger partial charge in [-0.2, -0.15) is 0 Å². The molecule has 1 aromatic rings. The lowest BCUT2D eigenvalue weighted by atomic mass is 10.3. The van der Waals surface area contributed by atoms with Gasteiger partial charge in [-0.1, -0.05) is 19.4 Å². The van der Waals surface area contributed by atoms with Gasteiger partial charge in [-0.15, -0.1) is 0 Å². The Balaban J connectivity index is 2.50. The fraction of sp³-hybridized carbons (Fsp3) is 0.300. The van der Waals surface area contributed by atoms with Crippen molar-refractivity contribution in [2.24, 2.45) is 0 Å². The molecule has 0 spiro atoms. The van der Waals surface area contributed by atoms with E-state index in [4.69, 9.17) is 0 Å². The molecule has 0 aliphatic carbocycles. The Morgan fingerprint density at radius 3 is 2.67 bits per heavy atom. The van der Waals surface area contributed by atoms with Gasteiger partial charge in [0.15, 0.2) is 0 Å². The summed E-state index contributed by atoms with van der Waals surface area (Å²) in [5, 5.41) is 0. The van der Waals surface area contributed by atoms with Gasteiger partial charge in [0.25, 0.3) is 5.91 Å². The van der Waals surface area contributed by atoms with Gasteiger partial charge in [-0.3, -0.25) is 9.36 Å². The van der Waals surface area contributed by atoms with Crippen molar-refractivity contribution in [2.75, 3.05) is 0 Å². The minimum atomic E-state index is 0.0217. The van der Waals surface area contributed by atoms with Crippen LogP contribution >= 0.6 is 0 Å². The van der Waals surface area contributed by atoms with Crippen molar-refractivity contribution in [1.82, 2.24) is 4.57 Å². The van der Waals surface area contributed by atoms with Crippen LogP contribution in [0.3, 0.4) is 0 Å². The quantitative estimate of drug-likeness (QED) is 0.627. The van der Waals surface area contributed by atoms with E-state index in [1.165, 1.54) is 0 Å². The molecule has 2 heteroatoms. The number of nitrogens with zero attached hydrogens (tertiary/aromatic N) is 1. The molecule has 1 rings (SSSR count). The highest BCUT2D eigenvalue weighted by Gasteiger charge is 1.94. The second kappa shape index (κ2) is 4.54. The Morgan fingerprint density at radius 1 is 1.42 bits per heavy atom. The number of hydrogen-bond acceptors (Lipinski definition) is 1. The monoisotopic (exact) mass is 163 g/mol. The van der Waals surface area contributed by atoms with Crippen molar-refractivity contribution < 1.29 is 4.79 Å². The Bertz CT molecular complexity index is 259. The SMILES string of the molecule is CCCC=CC(=O)n1cccc1. The molecule has 64 valence electrons. The van der Waals surface area contributed by atoms with Crippen LogP contribution in [0.15, 0.2) is 36.7 Å². The molecule has 2 nitrogen and oxygen atoms in total. The summed E-state index contributed by atoms with van der Waals surface area (Å²) in [5.74, 6) is 0.0217. The molecule has 0 radical (unpaired) electrons. The Labute approximate surface area is 72.5 Å². The maximum absolute atomic E-state index is 11.3. The molecule has 1 heterocycles. The normalized spacial score (nSPS) is 10.8. The zero-order valence-electron chi connectivity index (χ0n) is 7.23. The largest absolute Gasteiger partial charge is 0.291 e. The molecular formula is C10H13NO. The second-order valence-electron chi connectivity index (χ2n) is 2.62. The lowest BCUT2D eigenvalue weighted by molar-refractivity contribution is 0.0969. The van der Waals surface area contributed by atoms with Crippen molar-refractivity contribution in [3.63, 3.8) is 0 Å². The van der Waals surface area contributed by atoms with Crippen LogP contribution in [0.5, 0.6) is 0 Å². The van der Waals surface area contributed by atoms with Gasteiger partial charge in [-0.05, 0) is 24.6 Å². The van der Waals surface area contributed by atoms with E-state index in [9.17, 15) is 4.79 Å². The van der Waals surface area contributed by atoms with Crippen molar-refractivity contribution in [1.29, 1.82) is 0 Å². The summed E-state index contributed by atoms with van der Waals surface area (Å²) in [6.45, 7) is 2.09. The van der Waals surface area contributed by atoms with Crippen molar-refractivity contribution in [3.05, 3.63) is 36.7 Å². The minimum absolute atomic E-state index is 0.0217. The lowest BCUT2D eigenvalue weighted by Crippen LogP contribution is -2.03. The summed E-state index contributed by atoms with van der Waals surface area (Å²) in [6, 6.07) is 3.68. The van der Waals surface area contributed by atoms with E-state index in [1.807, 2.05) is 18.2 Å². The Morgan fingerprint density at radius 2 is 2.08 bits per heavy atom. The molecule has 0 atom stereocenters. The molecular weight excluding hydrogens is 150 g/mol. The standard InChI is InChI=1S/C10H13NO/c1-2-3-4-7-10(12)11-8-5-6-9-11/h4-9H,2-3H2,1H3. The fourth-order valence-corrected chi connectivity index (χ4v) is 0.918. The molecule has 1 aromatic heterocycles. The molecule has 0 aliphatic heterocycles. The third kappa shape index (κ3) is 2.38. The smallest absolute Gasteiger partial charge is 0.254 e. The van der Waals surface area contributed by atoms with Crippen molar-refractivity contribution in [2.45, 2.75) is 19.8 Å². The molecule has 0 saturated heterocycles.